The predicted molar refractivity (Wildman–Crippen MR) is 59.8 cm³/mol. The third-order valence-electron chi connectivity index (χ3n) is 2.61. The molecule has 1 aliphatic heterocycles. The number of nitrogens with one attached hydrogen (secondary N) is 1. The lowest BCUT2D eigenvalue weighted by Gasteiger charge is -2.32. The lowest BCUT2D eigenvalue weighted by Crippen LogP contribution is -2.49. The summed E-state index contributed by atoms with van der Waals surface area (Å²) in [6.45, 7) is 1.20. The SMILES string of the molecule is CCOc1ccccc1[C@H]1NC(=O)OCC1(F)F. The van der Waals surface area contributed by atoms with Gasteiger partial charge in [0.05, 0.1) is 6.61 Å². The van der Waals surface area contributed by atoms with Crippen LogP contribution < -0.4 is 10.1 Å². The highest BCUT2D eigenvalue weighted by Gasteiger charge is 2.47. The second-order valence-electron chi connectivity index (χ2n) is 3.89. The molecule has 6 heteroatoms. The van der Waals surface area contributed by atoms with Crippen molar-refractivity contribution in [3.05, 3.63) is 29.8 Å². The average molecular weight is 257 g/mol. The largest absolute Gasteiger partial charge is 0.494 e. The van der Waals surface area contributed by atoms with Crippen LogP contribution in [-0.2, 0) is 4.74 Å². The van der Waals surface area contributed by atoms with E-state index in [1.807, 2.05) is 0 Å². The van der Waals surface area contributed by atoms with Gasteiger partial charge in [-0.25, -0.2) is 13.6 Å². The summed E-state index contributed by atoms with van der Waals surface area (Å²) in [5.41, 5.74) is 0.251. The van der Waals surface area contributed by atoms with Crippen LogP contribution in [0.25, 0.3) is 0 Å². The fourth-order valence-corrected chi connectivity index (χ4v) is 1.82. The topological polar surface area (TPSA) is 47.6 Å². The number of benzene rings is 1. The zero-order chi connectivity index (χ0) is 13.2. The van der Waals surface area contributed by atoms with Crippen LogP contribution in [0.4, 0.5) is 13.6 Å². The minimum absolute atomic E-state index is 0.251. The third kappa shape index (κ3) is 2.37. The van der Waals surface area contributed by atoms with E-state index in [1.165, 1.54) is 6.07 Å². The number of ether oxygens (including phenoxy) is 2. The number of amides is 1. The molecule has 1 aromatic carbocycles. The first-order valence-electron chi connectivity index (χ1n) is 5.57. The van der Waals surface area contributed by atoms with Crippen molar-refractivity contribution in [1.82, 2.24) is 5.32 Å². The maximum Gasteiger partial charge on any atom is 0.408 e. The molecule has 1 aromatic rings. The first-order chi connectivity index (χ1) is 8.54. The summed E-state index contributed by atoms with van der Waals surface area (Å²) in [6, 6.07) is 4.98. The van der Waals surface area contributed by atoms with Crippen molar-refractivity contribution in [2.75, 3.05) is 13.2 Å². The Morgan fingerprint density at radius 3 is 2.94 bits per heavy atom. The molecule has 1 saturated heterocycles. The molecule has 1 atom stereocenters. The maximum atomic E-state index is 13.8. The van der Waals surface area contributed by atoms with Gasteiger partial charge in [-0.3, -0.25) is 0 Å². The molecule has 2 rings (SSSR count). The number of alkyl carbamates (subject to hydrolysis) is 1. The van der Waals surface area contributed by atoms with Crippen molar-refractivity contribution in [1.29, 1.82) is 0 Å². The molecule has 1 heterocycles. The Morgan fingerprint density at radius 1 is 1.50 bits per heavy atom. The standard InChI is InChI=1S/C12H13F2NO3/c1-2-17-9-6-4-3-5-8(9)10-12(13,14)7-18-11(16)15-10/h3-6,10H,2,7H2,1H3,(H,15,16)/t10-/m1/s1. The highest BCUT2D eigenvalue weighted by Crippen LogP contribution is 2.38. The minimum Gasteiger partial charge on any atom is -0.494 e. The number of para-hydroxylation sites is 1. The van der Waals surface area contributed by atoms with E-state index in [-0.39, 0.29) is 5.56 Å². The monoisotopic (exact) mass is 257 g/mol. The Bertz CT molecular complexity index is 451. The van der Waals surface area contributed by atoms with Gasteiger partial charge in [0.1, 0.15) is 11.8 Å². The van der Waals surface area contributed by atoms with Gasteiger partial charge in [-0.1, -0.05) is 18.2 Å². The van der Waals surface area contributed by atoms with Gasteiger partial charge in [0.25, 0.3) is 0 Å². The lowest BCUT2D eigenvalue weighted by molar-refractivity contribution is -0.104. The summed E-state index contributed by atoms with van der Waals surface area (Å²) in [7, 11) is 0. The molecule has 98 valence electrons. The molecule has 0 saturated carbocycles. The van der Waals surface area contributed by atoms with Gasteiger partial charge in [0.15, 0.2) is 6.61 Å². The van der Waals surface area contributed by atoms with Gasteiger partial charge in [-0.2, -0.15) is 0 Å². The molecule has 0 aromatic heterocycles. The van der Waals surface area contributed by atoms with Crippen LogP contribution in [0.2, 0.25) is 0 Å². The fraction of sp³-hybridized carbons (Fsp3) is 0.417. The summed E-state index contributed by atoms with van der Waals surface area (Å²) in [4.78, 5) is 11.1. The number of rotatable bonds is 3. The van der Waals surface area contributed by atoms with Crippen molar-refractivity contribution in [2.24, 2.45) is 0 Å². The fourth-order valence-electron chi connectivity index (χ4n) is 1.82. The zero-order valence-corrected chi connectivity index (χ0v) is 9.78. The van der Waals surface area contributed by atoms with Crippen LogP contribution in [0, 0.1) is 0 Å². The molecular formula is C12H13F2NO3. The molecule has 1 aliphatic rings. The molecule has 0 spiro atoms. The van der Waals surface area contributed by atoms with Gasteiger partial charge in [0, 0.05) is 5.56 Å². The van der Waals surface area contributed by atoms with E-state index in [9.17, 15) is 13.6 Å². The maximum absolute atomic E-state index is 13.8. The number of halogens is 2. The first-order valence-corrected chi connectivity index (χ1v) is 5.57. The molecule has 1 amide bonds. The summed E-state index contributed by atoms with van der Waals surface area (Å²) < 4.78 is 37.1. The van der Waals surface area contributed by atoms with Gasteiger partial charge in [0.2, 0.25) is 0 Å². The number of carbonyl (C=O) groups is 1. The average Bonchev–Trinajstić information content (AvgIpc) is 2.34. The smallest absolute Gasteiger partial charge is 0.408 e. The quantitative estimate of drug-likeness (QED) is 0.905. The highest BCUT2D eigenvalue weighted by molar-refractivity contribution is 5.69. The van der Waals surface area contributed by atoms with Crippen LogP contribution >= 0.6 is 0 Å². The van der Waals surface area contributed by atoms with Gasteiger partial charge in [-0.15, -0.1) is 0 Å². The molecule has 1 fully saturated rings. The normalized spacial score (nSPS) is 21.9. The Kier molecular flexibility index (Phi) is 3.36. The summed E-state index contributed by atoms with van der Waals surface area (Å²) >= 11 is 0. The van der Waals surface area contributed by atoms with Crippen molar-refractivity contribution in [3.63, 3.8) is 0 Å². The van der Waals surface area contributed by atoms with Gasteiger partial charge < -0.3 is 14.8 Å². The Balaban J connectivity index is 2.36. The van der Waals surface area contributed by atoms with Crippen LogP contribution in [0.3, 0.4) is 0 Å². The van der Waals surface area contributed by atoms with E-state index in [1.54, 1.807) is 25.1 Å². The second kappa shape index (κ2) is 4.80. The van der Waals surface area contributed by atoms with E-state index in [2.05, 4.69) is 10.1 Å². The van der Waals surface area contributed by atoms with Crippen LogP contribution in [-0.4, -0.2) is 25.2 Å². The van der Waals surface area contributed by atoms with Crippen molar-refractivity contribution < 1.29 is 23.0 Å². The third-order valence-corrected chi connectivity index (χ3v) is 2.61. The Morgan fingerprint density at radius 2 is 2.22 bits per heavy atom. The van der Waals surface area contributed by atoms with Crippen molar-refractivity contribution in [2.45, 2.75) is 18.9 Å². The summed E-state index contributed by atoms with van der Waals surface area (Å²) in [5, 5.41) is 2.13. The number of hydrogen-bond acceptors (Lipinski definition) is 3. The van der Waals surface area contributed by atoms with Gasteiger partial charge >= 0.3 is 12.0 Å². The van der Waals surface area contributed by atoms with Crippen LogP contribution in [0.1, 0.15) is 18.5 Å². The lowest BCUT2D eigenvalue weighted by atomic mass is 9.99. The molecular weight excluding hydrogens is 244 g/mol. The molecule has 0 unspecified atom stereocenters. The molecule has 0 radical (unpaired) electrons. The van der Waals surface area contributed by atoms with Crippen LogP contribution in [0.5, 0.6) is 5.75 Å². The Hall–Kier alpha value is -1.85. The Labute approximate surface area is 103 Å². The molecule has 1 N–H and O–H groups in total. The van der Waals surface area contributed by atoms with E-state index >= 15 is 0 Å². The molecule has 0 aliphatic carbocycles. The van der Waals surface area contributed by atoms with E-state index in [0.29, 0.717) is 12.4 Å². The van der Waals surface area contributed by atoms with Crippen molar-refractivity contribution in [3.8, 4) is 5.75 Å². The van der Waals surface area contributed by atoms with E-state index in [0.717, 1.165) is 0 Å². The predicted octanol–water partition coefficient (Wildman–Crippen LogP) is 2.50. The minimum atomic E-state index is -3.17. The number of carbonyl (C=O) groups excluding carboxylic acids is 1. The molecule has 18 heavy (non-hydrogen) atoms. The number of alkyl halides is 2. The first kappa shape index (κ1) is 12.6. The number of cyclic esters (lactones) is 1. The van der Waals surface area contributed by atoms with Gasteiger partial charge in [-0.05, 0) is 13.0 Å². The number of hydrogen-bond donors (Lipinski definition) is 1. The van der Waals surface area contributed by atoms with Crippen LogP contribution in [0.15, 0.2) is 24.3 Å². The second-order valence-corrected chi connectivity index (χ2v) is 3.89. The summed E-state index contributed by atoms with van der Waals surface area (Å²) in [5.74, 6) is -2.83. The zero-order valence-electron chi connectivity index (χ0n) is 9.78. The van der Waals surface area contributed by atoms with E-state index < -0.39 is 24.7 Å². The molecule has 4 nitrogen and oxygen atoms in total. The summed E-state index contributed by atoms with van der Waals surface area (Å²) in [6.07, 6.45) is -0.850. The van der Waals surface area contributed by atoms with Crippen molar-refractivity contribution >= 4 is 6.09 Å². The molecule has 0 bridgehead atoms. The highest BCUT2D eigenvalue weighted by atomic mass is 19.3. The van der Waals surface area contributed by atoms with E-state index in [4.69, 9.17) is 4.74 Å².